The summed E-state index contributed by atoms with van der Waals surface area (Å²) in [6.45, 7) is 1.86. The minimum atomic E-state index is 0.853. The third-order valence-corrected chi connectivity index (χ3v) is 2.98. The molecule has 17 heavy (non-hydrogen) atoms. The second-order valence-electron chi connectivity index (χ2n) is 4.33. The van der Waals surface area contributed by atoms with Crippen molar-refractivity contribution in [1.82, 2.24) is 14.7 Å². The van der Waals surface area contributed by atoms with Gasteiger partial charge in [-0.3, -0.25) is 9.78 Å². The zero-order valence-electron chi connectivity index (χ0n) is 10.2. The van der Waals surface area contributed by atoms with Gasteiger partial charge in [0.05, 0.1) is 12.2 Å². The smallest absolute Gasteiger partial charge is 0.122 e. The van der Waals surface area contributed by atoms with Crippen molar-refractivity contribution < 1.29 is 0 Å². The molecule has 0 saturated heterocycles. The Morgan fingerprint density at radius 2 is 1.94 bits per heavy atom. The van der Waals surface area contributed by atoms with E-state index in [-0.39, 0.29) is 0 Å². The molecule has 0 radical (unpaired) electrons. The molecule has 0 unspecified atom stereocenters. The lowest BCUT2D eigenvalue weighted by Gasteiger charge is -2.09. The van der Waals surface area contributed by atoms with Crippen LogP contribution in [0.1, 0.15) is 0 Å². The van der Waals surface area contributed by atoms with Crippen LogP contribution in [-0.4, -0.2) is 35.3 Å². The normalized spacial score (nSPS) is 11.0. The molecule has 3 nitrogen and oxygen atoms in total. The molecule has 0 fully saturated rings. The van der Waals surface area contributed by atoms with E-state index in [9.17, 15) is 0 Å². The van der Waals surface area contributed by atoms with Crippen LogP contribution in [0.2, 0.25) is 0 Å². The number of likely N-dealkylation sites (N-methyl/N-ethyl adjacent to an activating group) is 1. The minimum absolute atomic E-state index is 0.853. The van der Waals surface area contributed by atoms with Crippen LogP contribution in [0.4, 0.5) is 0 Å². The van der Waals surface area contributed by atoms with Crippen molar-refractivity contribution in [3.8, 4) is 11.3 Å². The SMILES string of the molecule is CN(C)CCn1[nH]c(-c2ccccc2)cc1=S. The van der Waals surface area contributed by atoms with Gasteiger partial charge in [-0.1, -0.05) is 42.5 Å². The van der Waals surface area contributed by atoms with Gasteiger partial charge in [0.15, 0.2) is 0 Å². The van der Waals surface area contributed by atoms with Crippen LogP contribution >= 0.6 is 12.2 Å². The van der Waals surface area contributed by atoms with Gasteiger partial charge in [-0.15, -0.1) is 0 Å². The van der Waals surface area contributed by atoms with Crippen molar-refractivity contribution in [2.45, 2.75) is 6.54 Å². The number of nitrogens with one attached hydrogen (secondary N) is 1. The first-order valence-electron chi connectivity index (χ1n) is 5.67. The Hall–Kier alpha value is -1.39. The number of nitrogens with zero attached hydrogens (tertiary/aromatic N) is 2. The zero-order valence-corrected chi connectivity index (χ0v) is 11.0. The molecular formula is C13H17N3S. The number of hydrogen-bond donors (Lipinski definition) is 1. The summed E-state index contributed by atoms with van der Waals surface area (Å²) in [4.78, 5) is 2.14. The van der Waals surface area contributed by atoms with Gasteiger partial charge in [0.25, 0.3) is 0 Å². The topological polar surface area (TPSA) is 24.0 Å². The Morgan fingerprint density at radius 3 is 2.59 bits per heavy atom. The maximum Gasteiger partial charge on any atom is 0.122 e. The fourth-order valence-corrected chi connectivity index (χ4v) is 1.92. The van der Waals surface area contributed by atoms with Crippen LogP contribution < -0.4 is 0 Å². The molecule has 0 saturated carbocycles. The number of H-pyrrole nitrogens is 1. The molecule has 1 heterocycles. The Balaban J connectivity index is 2.22. The number of hydrogen-bond acceptors (Lipinski definition) is 2. The van der Waals surface area contributed by atoms with Crippen LogP contribution in [0.25, 0.3) is 11.3 Å². The average Bonchev–Trinajstić information content (AvgIpc) is 2.69. The third kappa shape index (κ3) is 3.05. The van der Waals surface area contributed by atoms with E-state index in [4.69, 9.17) is 12.2 Å². The van der Waals surface area contributed by atoms with Gasteiger partial charge >= 0.3 is 0 Å². The summed E-state index contributed by atoms with van der Waals surface area (Å²) in [5, 5.41) is 3.34. The maximum absolute atomic E-state index is 5.34. The van der Waals surface area contributed by atoms with Gasteiger partial charge in [-0.2, -0.15) is 0 Å². The number of benzene rings is 1. The molecule has 1 aromatic carbocycles. The van der Waals surface area contributed by atoms with Crippen molar-refractivity contribution in [1.29, 1.82) is 0 Å². The summed E-state index contributed by atoms with van der Waals surface area (Å²) >= 11 is 5.34. The number of aromatic amines is 1. The molecule has 2 aromatic rings. The first kappa shape index (κ1) is 12.1. The molecule has 2 rings (SSSR count). The first-order valence-corrected chi connectivity index (χ1v) is 6.07. The first-order chi connectivity index (χ1) is 8.16. The van der Waals surface area contributed by atoms with E-state index in [1.807, 2.05) is 28.9 Å². The van der Waals surface area contributed by atoms with Crippen LogP contribution in [-0.2, 0) is 6.54 Å². The minimum Gasteiger partial charge on any atom is -0.308 e. The average molecular weight is 247 g/mol. The molecule has 0 bridgehead atoms. The fraction of sp³-hybridized carbons (Fsp3) is 0.308. The van der Waals surface area contributed by atoms with Gasteiger partial charge < -0.3 is 4.90 Å². The highest BCUT2D eigenvalue weighted by atomic mass is 32.1. The second kappa shape index (κ2) is 5.29. The zero-order chi connectivity index (χ0) is 12.3. The Bertz CT molecular complexity index is 525. The van der Waals surface area contributed by atoms with Gasteiger partial charge in [-0.25, -0.2) is 0 Å². The molecule has 0 aliphatic heterocycles. The molecule has 0 amide bonds. The van der Waals surface area contributed by atoms with E-state index in [2.05, 4.69) is 36.2 Å². The second-order valence-corrected chi connectivity index (χ2v) is 4.75. The lowest BCUT2D eigenvalue weighted by molar-refractivity contribution is 0.372. The summed E-state index contributed by atoms with van der Waals surface area (Å²) in [5.74, 6) is 0. The van der Waals surface area contributed by atoms with E-state index in [1.54, 1.807) is 0 Å². The molecule has 90 valence electrons. The van der Waals surface area contributed by atoms with Crippen molar-refractivity contribution in [3.05, 3.63) is 41.0 Å². The molecular weight excluding hydrogens is 230 g/mol. The standard InChI is InChI=1S/C13H17N3S/c1-15(2)8-9-16-13(17)10-12(14-16)11-6-4-3-5-7-11/h3-7,10,14H,8-9H2,1-2H3. The van der Waals surface area contributed by atoms with Crippen LogP contribution in [0.3, 0.4) is 0 Å². The molecule has 0 atom stereocenters. The fourth-order valence-electron chi connectivity index (χ4n) is 1.67. The summed E-state index contributed by atoms with van der Waals surface area (Å²) in [5.41, 5.74) is 2.25. The molecule has 0 spiro atoms. The van der Waals surface area contributed by atoms with E-state index in [0.29, 0.717) is 0 Å². The molecule has 1 aromatic heterocycles. The predicted octanol–water partition coefficient (Wildman–Crippen LogP) is 2.77. The van der Waals surface area contributed by atoms with E-state index in [1.165, 1.54) is 5.56 Å². The molecule has 0 aliphatic rings. The third-order valence-electron chi connectivity index (χ3n) is 2.64. The highest BCUT2D eigenvalue weighted by Crippen LogP contribution is 2.16. The number of aromatic nitrogens is 2. The van der Waals surface area contributed by atoms with Crippen molar-refractivity contribution >= 4 is 12.2 Å². The van der Waals surface area contributed by atoms with Crippen LogP contribution in [0, 0.1) is 4.64 Å². The monoisotopic (exact) mass is 247 g/mol. The Morgan fingerprint density at radius 1 is 1.24 bits per heavy atom. The highest BCUT2D eigenvalue weighted by Gasteiger charge is 2.02. The summed E-state index contributed by atoms with van der Waals surface area (Å²) in [6, 6.07) is 12.3. The van der Waals surface area contributed by atoms with E-state index < -0.39 is 0 Å². The Labute approximate surface area is 107 Å². The largest absolute Gasteiger partial charge is 0.308 e. The summed E-state index contributed by atoms with van der Waals surface area (Å²) in [6.07, 6.45) is 0. The van der Waals surface area contributed by atoms with Crippen molar-refractivity contribution in [2.24, 2.45) is 0 Å². The number of rotatable bonds is 4. The van der Waals surface area contributed by atoms with Crippen LogP contribution in [0.15, 0.2) is 36.4 Å². The molecule has 1 N–H and O–H groups in total. The van der Waals surface area contributed by atoms with Gasteiger partial charge in [0.1, 0.15) is 4.64 Å². The Kier molecular flexibility index (Phi) is 3.76. The quantitative estimate of drug-likeness (QED) is 0.840. The van der Waals surface area contributed by atoms with Crippen molar-refractivity contribution in [2.75, 3.05) is 20.6 Å². The maximum atomic E-state index is 5.34. The lowest BCUT2D eigenvalue weighted by Crippen LogP contribution is -2.19. The summed E-state index contributed by atoms with van der Waals surface area (Å²) < 4.78 is 2.86. The molecule has 4 heteroatoms. The van der Waals surface area contributed by atoms with Crippen LogP contribution in [0.5, 0.6) is 0 Å². The van der Waals surface area contributed by atoms with Gasteiger partial charge in [0.2, 0.25) is 0 Å². The molecule has 0 aliphatic carbocycles. The van der Waals surface area contributed by atoms with Crippen molar-refractivity contribution in [3.63, 3.8) is 0 Å². The van der Waals surface area contributed by atoms with Gasteiger partial charge in [-0.05, 0) is 25.7 Å². The predicted molar refractivity (Wildman–Crippen MR) is 73.6 cm³/mol. The highest BCUT2D eigenvalue weighted by molar-refractivity contribution is 7.71. The van der Waals surface area contributed by atoms with E-state index >= 15 is 0 Å². The summed E-state index contributed by atoms with van der Waals surface area (Å²) in [7, 11) is 4.12. The lowest BCUT2D eigenvalue weighted by atomic mass is 10.2. The van der Waals surface area contributed by atoms with E-state index in [0.717, 1.165) is 23.4 Å². The van der Waals surface area contributed by atoms with Gasteiger partial charge in [0, 0.05) is 6.54 Å².